The van der Waals surface area contributed by atoms with E-state index in [0.29, 0.717) is 48.6 Å². The third-order valence-corrected chi connectivity index (χ3v) is 10.0. The zero-order valence-electron chi connectivity index (χ0n) is 25.5. The fourth-order valence-corrected chi connectivity index (χ4v) is 8.08. The summed E-state index contributed by atoms with van der Waals surface area (Å²) in [7, 11) is 0. The molecule has 1 N–H and O–H groups in total. The number of halogens is 1. The number of aliphatic hydroxyl groups excluding tert-OH is 1. The molecule has 3 heterocycles. The van der Waals surface area contributed by atoms with Gasteiger partial charge >= 0.3 is 0 Å². The van der Waals surface area contributed by atoms with Gasteiger partial charge in [0.05, 0.1) is 40.8 Å². The summed E-state index contributed by atoms with van der Waals surface area (Å²) < 4.78 is 7.00. The van der Waals surface area contributed by atoms with E-state index in [1.54, 1.807) is 41.3 Å². The Hall–Kier alpha value is -3.46. The van der Waals surface area contributed by atoms with Crippen LogP contribution in [0.3, 0.4) is 0 Å². The van der Waals surface area contributed by atoms with E-state index < -0.39 is 41.7 Å². The van der Waals surface area contributed by atoms with Crippen molar-refractivity contribution in [2.24, 2.45) is 11.8 Å². The largest absolute Gasteiger partial charge is 0.394 e. The highest BCUT2D eigenvalue weighted by Crippen LogP contribution is 2.65. The Balaban J connectivity index is 1.70. The van der Waals surface area contributed by atoms with E-state index in [1.807, 2.05) is 44.2 Å². The Labute approximate surface area is 264 Å². The second kappa shape index (κ2) is 12.9. The first kappa shape index (κ1) is 31.9. The highest BCUT2D eigenvalue weighted by Gasteiger charge is 2.79. The van der Waals surface area contributed by atoms with Crippen LogP contribution >= 0.6 is 11.6 Å². The third-order valence-electron chi connectivity index (χ3n) is 9.69. The molecule has 3 saturated heterocycles. The minimum Gasteiger partial charge on any atom is -0.394 e. The van der Waals surface area contributed by atoms with E-state index in [4.69, 9.17) is 16.3 Å². The van der Waals surface area contributed by atoms with Gasteiger partial charge in [-0.3, -0.25) is 14.4 Å². The van der Waals surface area contributed by atoms with Crippen molar-refractivity contribution in [2.45, 2.75) is 62.8 Å². The smallest absolute Gasteiger partial charge is 0.253 e. The van der Waals surface area contributed by atoms with E-state index in [-0.39, 0.29) is 24.3 Å². The number of hydrogen-bond acceptors (Lipinski definition) is 5. The molecule has 9 heteroatoms. The third kappa shape index (κ3) is 4.97. The van der Waals surface area contributed by atoms with Crippen LogP contribution in [-0.4, -0.2) is 76.1 Å². The van der Waals surface area contributed by atoms with Gasteiger partial charge in [-0.2, -0.15) is 0 Å². The summed E-state index contributed by atoms with van der Waals surface area (Å²) >= 11 is 6.61. The van der Waals surface area contributed by atoms with Gasteiger partial charge in [-0.15, -0.1) is 13.2 Å². The van der Waals surface area contributed by atoms with Gasteiger partial charge < -0.3 is 24.5 Å². The molecule has 6 atom stereocenters. The zero-order chi connectivity index (χ0) is 31.6. The van der Waals surface area contributed by atoms with Crippen LogP contribution in [0.2, 0.25) is 5.02 Å². The number of aliphatic hydroxyl groups is 1. The molecule has 2 unspecified atom stereocenters. The van der Waals surface area contributed by atoms with Gasteiger partial charge in [0.1, 0.15) is 11.6 Å². The number of amides is 3. The zero-order valence-corrected chi connectivity index (χ0v) is 26.3. The Morgan fingerprint density at radius 3 is 2.36 bits per heavy atom. The summed E-state index contributed by atoms with van der Waals surface area (Å²) in [4.78, 5) is 49.1. The molecule has 8 nitrogen and oxygen atoms in total. The minimum absolute atomic E-state index is 0.141. The number of benzene rings is 2. The number of fused-ring (bicyclic) bond motifs is 1. The number of ether oxygens (including phenoxy) is 1. The first-order chi connectivity index (χ1) is 21.2. The van der Waals surface area contributed by atoms with Crippen LogP contribution in [0.15, 0.2) is 79.9 Å². The molecule has 3 fully saturated rings. The second-order valence-corrected chi connectivity index (χ2v) is 12.4. The van der Waals surface area contributed by atoms with Crippen LogP contribution in [0.1, 0.15) is 51.1 Å². The van der Waals surface area contributed by atoms with Gasteiger partial charge in [0.2, 0.25) is 11.8 Å². The number of rotatable bonds is 13. The minimum atomic E-state index is -1.26. The average Bonchev–Trinajstić information content (AvgIpc) is 3.64. The predicted octanol–water partition coefficient (Wildman–Crippen LogP) is 5.17. The molecule has 2 aromatic carbocycles. The van der Waals surface area contributed by atoms with Crippen LogP contribution in [0, 0.1) is 11.8 Å². The molecular formula is C35H42ClN3O5. The molecule has 0 saturated carbocycles. The number of anilines is 1. The summed E-state index contributed by atoms with van der Waals surface area (Å²) in [5, 5.41) is 11.2. The fourth-order valence-electron chi connectivity index (χ4n) is 7.84. The average molecular weight is 620 g/mol. The van der Waals surface area contributed by atoms with E-state index in [2.05, 4.69) is 13.2 Å². The summed E-state index contributed by atoms with van der Waals surface area (Å²) in [6.45, 7) is 12.3. The molecule has 2 aromatic rings. The molecule has 5 rings (SSSR count). The highest BCUT2D eigenvalue weighted by molar-refractivity contribution is 6.34. The van der Waals surface area contributed by atoms with Crippen molar-refractivity contribution in [3.05, 3.63) is 90.5 Å². The molecule has 3 amide bonds. The number of likely N-dealkylation sites (tertiary alicyclic amines) is 1. The summed E-state index contributed by atoms with van der Waals surface area (Å²) in [6.07, 6.45) is 5.55. The molecule has 0 aromatic heterocycles. The summed E-state index contributed by atoms with van der Waals surface area (Å²) in [5.41, 5.74) is -0.978. The standard InChI is InChI=1S/C35H42ClN3O5/c1-5-20-37(21-6-2)31(41)28-29-32(42)39(27(23-40)24-14-10-9-11-15-24)30(35(29)19-18-34(28,8-4)44-35)33(43)38(22-7-3)26-17-13-12-16-25(26)36/h5,7,9-17,27-30,40H,1,3,6,8,18-23H2,2,4H3/t27-,28+,29+,30?,34-,35?/m1/s1. The van der Waals surface area contributed by atoms with Gasteiger partial charge in [0, 0.05) is 19.6 Å². The van der Waals surface area contributed by atoms with Crippen LogP contribution in [0.4, 0.5) is 5.69 Å². The molecule has 0 radical (unpaired) electrons. The summed E-state index contributed by atoms with van der Waals surface area (Å²) in [6, 6.07) is 14.3. The maximum absolute atomic E-state index is 15.0. The number of nitrogens with zero attached hydrogens (tertiary/aromatic N) is 3. The first-order valence-corrected chi connectivity index (χ1v) is 15.9. The van der Waals surface area contributed by atoms with Crippen LogP contribution in [0.5, 0.6) is 0 Å². The van der Waals surface area contributed by atoms with Gasteiger partial charge in [0.15, 0.2) is 0 Å². The summed E-state index contributed by atoms with van der Waals surface area (Å²) in [5.74, 6) is -2.57. The van der Waals surface area contributed by atoms with E-state index in [1.165, 1.54) is 9.80 Å². The SMILES string of the molecule is C=CCN(CCC)C(=O)[C@@H]1[C@H]2C(=O)N([C@H](CO)c3ccccc3)C(C(=O)N(CC=C)c3ccccc3Cl)C23CC[C@@]1(CC)O3. The lowest BCUT2D eigenvalue weighted by atomic mass is 9.64. The molecule has 3 aliphatic rings. The first-order valence-electron chi connectivity index (χ1n) is 15.5. The lowest BCUT2D eigenvalue weighted by molar-refractivity contribution is -0.153. The fraction of sp³-hybridized carbons (Fsp3) is 0.457. The molecule has 2 bridgehead atoms. The number of carbonyl (C=O) groups is 3. The lowest BCUT2D eigenvalue weighted by Crippen LogP contribution is -2.57. The maximum Gasteiger partial charge on any atom is 0.253 e. The van der Waals surface area contributed by atoms with Crippen molar-refractivity contribution in [2.75, 3.05) is 31.1 Å². The van der Waals surface area contributed by atoms with Gasteiger partial charge in [-0.05, 0) is 43.4 Å². The van der Waals surface area contributed by atoms with Crippen molar-refractivity contribution in [1.82, 2.24) is 9.80 Å². The molecule has 3 aliphatic heterocycles. The normalized spacial score (nSPS) is 27.6. The van der Waals surface area contributed by atoms with Crippen molar-refractivity contribution in [3.8, 4) is 0 Å². The monoisotopic (exact) mass is 619 g/mol. The van der Waals surface area contributed by atoms with Gasteiger partial charge in [-0.1, -0.05) is 80.1 Å². The Kier molecular flexibility index (Phi) is 9.35. The van der Waals surface area contributed by atoms with E-state index in [0.717, 1.165) is 6.42 Å². The van der Waals surface area contributed by atoms with Gasteiger partial charge in [0.25, 0.3) is 5.91 Å². The number of hydrogen-bond donors (Lipinski definition) is 1. The van der Waals surface area contributed by atoms with Crippen molar-refractivity contribution >= 4 is 35.0 Å². The quantitative estimate of drug-likeness (QED) is 0.313. The Bertz CT molecular complexity index is 1420. The molecular weight excluding hydrogens is 578 g/mol. The van der Waals surface area contributed by atoms with Gasteiger partial charge in [-0.25, -0.2) is 0 Å². The van der Waals surface area contributed by atoms with Crippen molar-refractivity contribution < 1.29 is 24.2 Å². The van der Waals surface area contributed by atoms with Crippen molar-refractivity contribution in [3.63, 3.8) is 0 Å². The Morgan fingerprint density at radius 2 is 1.75 bits per heavy atom. The predicted molar refractivity (Wildman–Crippen MR) is 171 cm³/mol. The van der Waals surface area contributed by atoms with Crippen LogP contribution in [-0.2, 0) is 19.1 Å². The highest BCUT2D eigenvalue weighted by atomic mass is 35.5. The van der Waals surface area contributed by atoms with E-state index >= 15 is 0 Å². The molecule has 44 heavy (non-hydrogen) atoms. The second-order valence-electron chi connectivity index (χ2n) is 11.9. The Morgan fingerprint density at radius 1 is 1.07 bits per heavy atom. The lowest BCUT2D eigenvalue weighted by Gasteiger charge is -2.40. The van der Waals surface area contributed by atoms with Crippen molar-refractivity contribution in [1.29, 1.82) is 0 Å². The number of para-hydroxylation sites is 1. The van der Waals surface area contributed by atoms with Crippen LogP contribution < -0.4 is 4.90 Å². The topological polar surface area (TPSA) is 90.4 Å². The molecule has 1 spiro atoms. The number of carbonyl (C=O) groups excluding carboxylic acids is 3. The molecule has 0 aliphatic carbocycles. The maximum atomic E-state index is 15.0. The molecule has 234 valence electrons. The van der Waals surface area contributed by atoms with E-state index in [9.17, 15) is 19.5 Å². The van der Waals surface area contributed by atoms with Crippen LogP contribution in [0.25, 0.3) is 0 Å².